The predicted octanol–water partition coefficient (Wildman–Crippen LogP) is 6.10. The molecule has 1 aliphatic heterocycles. The first-order valence-corrected chi connectivity index (χ1v) is 15.8. The minimum atomic E-state index is -0.957. The van der Waals surface area contributed by atoms with Crippen LogP contribution in [0.2, 0.25) is 0 Å². The fourth-order valence-corrected chi connectivity index (χ4v) is 6.05. The molecule has 1 heterocycles. The number of aromatic carboxylic acids is 1. The smallest absolute Gasteiger partial charge is 0.335 e. The molecular weight excluding hydrogens is 580 g/mol. The molecule has 44 heavy (non-hydrogen) atoms. The van der Waals surface area contributed by atoms with Crippen LogP contribution in [0.25, 0.3) is 0 Å². The minimum absolute atomic E-state index is 0.00817. The van der Waals surface area contributed by atoms with Crippen molar-refractivity contribution in [1.82, 2.24) is 5.32 Å². The summed E-state index contributed by atoms with van der Waals surface area (Å²) in [7, 11) is 0. The van der Waals surface area contributed by atoms with E-state index in [2.05, 4.69) is 17.6 Å². The lowest BCUT2D eigenvalue weighted by Crippen LogP contribution is -2.38. The summed E-state index contributed by atoms with van der Waals surface area (Å²) in [5.41, 5.74) is 3.57. The SMILES string of the molecule is CC(=O)NCCCCCC(=O)Nc1ccc(C2OC(CSc3ccc(C(=O)O)cc3)C(C)C(c3ccc(CO)cc3)O2)cc1. The fourth-order valence-electron chi connectivity index (χ4n) is 4.98. The zero-order valence-electron chi connectivity index (χ0n) is 25.0. The summed E-state index contributed by atoms with van der Waals surface area (Å²) in [5, 5.41) is 24.4. The van der Waals surface area contributed by atoms with Gasteiger partial charge < -0.3 is 30.3 Å². The monoisotopic (exact) mass is 620 g/mol. The van der Waals surface area contributed by atoms with Gasteiger partial charge in [0, 0.05) is 47.7 Å². The predicted molar refractivity (Wildman–Crippen MR) is 169 cm³/mol. The van der Waals surface area contributed by atoms with E-state index >= 15 is 0 Å². The summed E-state index contributed by atoms with van der Waals surface area (Å²) in [5.74, 6) is -0.416. The number of hydrogen-bond donors (Lipinski definition) is 4. The molecule has 1 fully saturated rings. The summed E-state index contributed by atoms with van der Waals surface area (Å²) >= 11 is 1.60. The second-order valence-corrected chi connectivity index (χ2v) is 12.0. The van der Waals surface area contributed by atoms with Gasteiger partial charge in [0.15, 0.2) is 6.29 Å². The van der Waals surface area contributed by atoms with Crippen molar-refractivity contribution < 1.29 is 34.1 Å². The average molecular weight is 621 g/mol. The van der Waals surface area contributed by atoms with E-state index in [0.29, 0.717) is 24.4 Å². The topological polar surface area (TPSA) is 134 Å². The first-order valence-electron chi connectivity index (χ1n) is 14.8. The molecule has 3 aromatic carbocycles. The minimum Gasteiger partial charge on any atom is -0.478 e. The molecule has 0 saturated carbocycles. The lowest BCUT2D eigenvalue weighted by atomic mass is 9.91. The second-order valence-electron chi connectivity index (χ2n) is 10.9. The third-order valence-electron chi connectivity index (χ3n) is 7.56. The Labute approximate surface area is 262 Å². The highest BCUT2D eigenvalue weighted by Crippen LogP contribution is 2.43. The molecule has 2 amide bonds. The van der Waals surface area contributed by atoms with E-state index in [-0.39, 0.29) is 42.1 Å². The molecule has 4 atom stereocenters. The summed E-state index contributed by atoms with van der Waals surface area (Å²) in [4.78, 5) is 35.5. The van der Waals surface area contributed by atoms with Gasteiger partial charge in [-0.15, -0.1) is 11.8 Å². The van der Waals surface area contributed by atoms with E-state index in [9.17, 15) is 24.6 Å². The van der Waals surface area contributed by atoms with Crippen LogP contribution in [0.4, 0.5) is 5.69 Å². The number of ether oxygens (including phenoxy) is 2. The van der Waals surface area contributed by atoms with E-state index in [0.717, 1.165) is 40.8 Å². The molecule has 10 heteroatoms. The maximum absolute atomic E-state index is 12.4. The second kappa shape index (κ2) is 16.4. The maximum atomic E-state index is 12.4. The van der Waals surface area contributed by atoms with Crippen LogP contribution in [0.5, 0.6) is 0 Å². The van der Waals surface area contributed by atoms with Crippen LogP contribution in [-0.2, 0) is 25.7 Å². The molecule has 4 rings (SSSR count). The maximum Gasteiger partial charge on any atom is 0.335 e. The summed E-state index contributed by atoms with van der Waals surface area (Å²) in [6.07, 6.45) is 1.78. The molecule has 4 N–H and O–H groups in total. The number of hydrogen-bond acceptors (Lipinski definition) is 7. The molecular formula is C34H40N2O7S. The molecule has 4 unspecified atom stereocenters. The van der Waals surface area contributed by atoms with Crippen molar-refractivity contribution in [3.63, 3.8) is 0 Å². The molecule has 9 nitrogen and oxygen atoms in total. The Morgan fingerprint density at radius 2 is 1.55 bits per heavy atom. The highest BCUT2D eigenvalue weighted by Gasteiger charge is 2.38. The van der Waals surface area contributed by atoms with E-state index in [1.807, 2.05) is 48.5 Å². The number of carbonyl (C=O) groups excluding carboxylic acids is 2. The van der Waals surface area contributed by atoms with Crippen molar-refractivity contribution in [3.05, 3.63) is 95.1 Å². The number of aliphatic hydroxyl groups excluding tert-OH is 1. The fraction of sp³-hybridized carbons (Fsp3) is 0.382. The Morgan fingerprint density at radius 3 is 2.18 bits per heavy atom. The third kappa shape index (κ3) is 9.65. The molecule has 234 valence electrons. The Balaban J connectivity index is 1.40. The van der Waals surface area contributed by atoms with Crippen LogP contribution in [-0.4, -0.2) is 46.4 Å². The van der Waals surface area contributed by atoms with E-state index in [1.165, 1.54) is 6.92 Å². The zero-order valence-corrected chi connectivity index (χ0v) is 25.8. The van der Waals surface area contributed by atoms with Crippen LogP contribution in [0, 0.1) is 5.92 Å². The number of benzene rings is 3. The summed E-state index contributed by atoms with van der Waals surface area (Å²) in [6, 6.07) is 22.0. The number of thioether (sulfide) groups is 1. The van der Waals surface area contributed by atoms with Crippen LogP contribution < -0.4 is 10.6 Å². The zero-order chi connectivity index (χ0) is 31.5. The number of carboxylic acids is 1. The highest BCUT2D eigenvalue weighted by molar-refractivity contribution is 7.99. The van der Waals surface area contributed by atoms with Gasteiger partial charge >= 0.3 is 5.97 Å². The molecule has 1 saturated heterocycles. The lowest BCUT2D eigenvalue weighted by molar-refractivity contribution is -0.268. The number of nitrogens with one attached hydrogen (secondary N) is 2. The van der Waals surface area contributed by atoms with Gasteiger partial charge in [-0.05, 0) is 60.4 Å². The van der Waals surface area contributed by atoms with Gasteiger partial charge in [0.1, 0.15) is 0 Å². The lowest BCUT2D eigenvalue weighted by Gasteiger charge is -2.41. The summed E-state index contributed by atoms with van der Waals surface area (Å²) in [6.45, 7) is 4.18. The van der Waals surface area contributed by atoms with Gasteiger partial charge in [0.05, 0.1) is 24.4 Å². The quantitative estimate of drug-likeness (QED) is 0.126. The number of rotatable bonds is 14. The van der Waals surface area contributed by atoms with Crippen molar-refractivity contribution in [2.45, 2.75) is 69.5 Å². The van der Waals surface area contributed by atoms with Crippen molar-refractivity contribution >= 4 is 35.2 Å². The number of amides is 2. The van der Waals surface area contributed by atoms with Gasteiger partial charge in [-0.3, -0.25) is 9.59 Å². The molecule has 0 radical (unpaired) electrons. The number of carboxylic acid groups (broad SMARTS) is 1. The van der Waals surface area contributed by atoms with Gasteiger partial charge in [-0.25, -0.2) is 4.79 Å². The highest BCUT2D eigenvalue weighted by atomic mass is 32.2. The molecule has 0 bridgehead atoms. The molecule has 0 aliphatic carbocycles. The average Bonchev–Trinajstić information content (AvgIpc) is 3.02. The van der Waals surface area contributed by atoms with Gasteiger partial charge in [0.25, 0.3) is 0 Å². The van der Waals surface area contributed by atoms with Gasteiger partial charge in [-0.1, -0.05) is 49.7 Å². The molecule has 3 aromatic rings. The Morgan fingerprint density at radius 1 is 0.864 bits per heavy atom. The van der Waals surface area contributed by atoms with Crippen molar-refractivity contribution in [2.24, 2.45) is 5.92 Å². The van der Waals surface area contributed by atoms with Crippen molar-refractivity contribution in [3.8, 4) is 0 Å². The van der Waals surface area contributed by atoms with E-state index in [1.54, 1.807) is 36.0 Å². The summed E-state index contributed by atoms with van der Waals surface area (Å²) < 4.78 is 13.0. The van der Waals surface area contributed by atoms with Crippen LogP contribution in [0.1, 0.15) is 79.0 Å². The van der Waals surface area contributed by atoms with E-state index in [4.69, 9.17) is 9.47 Å². The molecule has 0 spiro atoms. The Bertz CT molecular complexity index is 1380. The first kappa shape index (κ1) is 33.2. The van der Waals surface area contributed by atoms with Crippen LogP contribution >= 0.6 is 11.8 Å². The normalized spacial score (nSPS) is 19.7. The van der Waals surface area contributed by atoms with Crippen LogP contribution in [0.3, 0.4) is 0 Å². The van der Waals surface area contributed by atoms with Gasteiger partial charge in [0.2, 0.25) is 11.8 Å². The van der Waals surface area contributed by atoms with E-state index < -0.39 is 12.3 Å². The first-order chi connectivity index (χ1) is 21.2. The number of aliphatic hydroxyl groups is 1. The molecule has 0 aromatic heterocycles. The number of carbonyl (C=O) groups is 3. The number of anilines is 1. The third-order valence-corrected chi connectivity index (χ3v) is 8.66. The Hall–Kier alpha value is -3.70. The van der Waals surface area contributed by atoms with Gasteiger partial charge in [-0.2, -0.15) is 0 Å². The number of unbranched alkanes of at least 4 members (excludes halogenated alkanes) is 2. The van der Waals surface area contributed by atoms with Crippen LogP contribution in [0.15, 0.2) is 77.7 Å². The largest absolute Gasteiger partial charge is 0.478 e. The standard InChI is InChI=1S/C34H40N2O7S/c1-22-30(21-44-29-17-13-26(14-18-29)33(40)41)42-34(43-32(22)25-9-7-24(20-37)8-10-25)27-11-15-28(16-12-27)36-31(39)6-4-3-5-19-35-23(2)38/h7-18,22,30,32,34,37H,3-6,19-21H2,1-2H3,(H,35,38)(H,36,39)(H,40,41). The molecule has 1 aliphatic rings. The van der Waals surface area contributed by atoms with Crippen molar-refractivity contribution in [2.75, 3.05) is 17.6 Å². The Kier molecular flexibility index (Phi) is 12.4. The van der Waals surface area contributed by atoms with Crippen molar-refractivity contribution in [1.29, 1.82) is 0 Å².